The van der Waals surface area contributed by atoms with Crippen LogP contribution in [-0.2, 0) is 21.0 Å². The summed E-state index contributed by atoms with van der Waals surface area (Å²) >= 11 is 1.39. The molecule has 1 saturated heterocycles. The van der Waals surface area contributed by atoms with Gasteiger partial charge < -0.3 is 9.64 Å². The highest BCUT2D eigenvalue weighted by atomic mass is 32.2. The van der Waals surface area contributed by atoms with Gasteiger partial charge in [-0.05, 0) is 42.8 Å². The Kier molecular flexibility index (Phi) is 4.74. The predicted molar refractivity (Wildman–Crippen MR) is 123 cm³/mol. The summed E-state index contributed by atoms with van der Waals surface area (Å²) in [5.74, 6) is 0.803. The van der Waals surface area contributed by atoms with E-state index in [1.165, 1.54) is 17.3 Å². The Labute approximate surface area is 185 Å². The monoisotopic (exact) mass is 430 g/mol. The zero-order chi connectivity index (χ0) is 21.6. The van der Waals surface area contributed by atoms with Crippen LogP contribution in [0.1, 0.15) is 16.7 Å². The Bertz CT molecular complexity index is 1160. The number of carbonyl (C=O) groups excluding carboxylic acids is 2. The third-order valence-electron chi connectivity index (χ3n) is 5.86. The maximum Gasteiger partial charge on any atom is 0.269 e. The van der Waals surface area contributed by atoms with Gasteiger partial charge in [0.25, 0.3) is 5.91 Å². The van der Waals surface area contributed by atoms with E-state index in [0.29, 0.717) is 18.0 Å². The first-order valence-corrected chi connectivity index (χ1v) is 11.1. The van der Waals surface area contributed by atoms with Crippen LogP contribution < -0.4 is 14.5 Å². The molecule has 0 bridgehead atoms. The van der Waals surface area contributed by atoms with E-state index in [1.54, 1.807) is 12.0 Å². The largest absolute Gasteiger partial charge is 0.497 e. The van der Waals surface area contributed by atoms with Crippen LogP contribution in [0.4, 0.5) is 11.4 Å². The highest BCUT2D eigenvalue weighted by Gasteiger charge is 2.60. The fourth-order valence-corrected chi connectivity index (χ4v) is 5.68. The molecule has 2 amide bonds. The van der Waals surface area contributed by atoms with Crippen LogP contribution in [-0.4, -0.2) is 24.7 Å². The number of ether oxygens (including phenoxy) is 1. The minimum absolute atomic E-state index is 0.0736. The van der Waals surface area contributed by atoms with Gasteiger partial charge in [-0.2, -0.15) is 0 Å². The van der Waals surface area contributed by atoms with Gasteiger partial charge in [-0.15, -0.1) is 11.8 Å². The summed E-state index contributed by atoms with van der Waals surface area (Å²) in [6.45, 7) is 2.51. The smallest absolute Gasteiger partial charge is 0.269 e. The maximum atomic E-state index is 14.0. The number of para-hydroxylation sites is 1. The Morgan fingerprint density at radius 2 is 1.68 bits per heavy atom. The number of benzene rings is 3. The van der Waals surface area contributed by atoms with Crippen molar-refractivity contribution >= 4 is 35.0 Å². The van der Waals surface area contributed by atoms with Crippen molar-refractivity contribution < 1.29 is 14.3 Å². The van der Waals surface area contributed by atoms with Crippen LogP contribution >= 0.6 is 11.8 Å². The lowest BCUT2D eigenvalue weighted by Crippen LogP contribution is -2.49. The molecule has 0 unspecified atom stereocenters. The summed E-state index contributed by atoms with van der Waals surface area (Å²) in [5, 5.41) is 0. The quantitative estimate of drug-likeness (QED) is 0.612. The van der Waals surface area contributed by atoms with Crippen molar-refractivity contribution in [2.75, 3.05) is 22.7 Å². The van der Waals surface area contributed by atoms with Gasteiger partial charge in [0.1, 0.15) is 5.75 Å². The summed E-state index contributed by atoms with van der Waals surface area (Å²) in [6.07, 6.45) is 0. The Morgan fingerprint density at radius 3 is 2.39 bits per heavy atom. The number of thioether (sulfide) groups is 1. The van der Waals surface area contributed by atoms with E-state index in [9.17, 15) is 9.59 Å². The average Bonchev–Trinajstić information content (AvgIpc) is 3.26. The molecular formula is C25H22N2O3S. The maximum absolute atomic E-state index is 14.0. The number of anilines is 2. The van der Waals surface area contributed by atoms with Crippen molar-refractivity contribution in [1.82, 2.24) is 0 Å². The number of nitrogens with zero attached hydrogens (tertiary/aromatic N) is 2. The third kappa shape index (κ3) is 3.01. The number of hydrogen-bond acceptors (Lipinski definition) is 4. The summed E-state index contributed by atoms with van der Waals surface area (Å²) in [4.78, 5) is 29.4. The second-order valence-electron chi connectivity index (χ2n) is 7.75. The molecule has 0 N–H and O–H groups in total. The molecule has 5 rings (SSSR count). The van der Waals surface area contributed by atoms with Crippen LogP contribution in [0.5, 0.6) is 5.75 Å². The lowest BCUT2D eigenvalue weighted by atomic mass is 10.0. The molecule has 0 aromatic heterocycles. The molecule has 2 heterocycles. The van der Waals surface area contributed by atoms with Crippen LogP contribution in [0, 0.1) is 6.92 Å². The highest BCUT2D eigenvalue weighted by Crippen LogP contribution is 2.56. The second kappa shape index (κ2) is 7.46. The van der Waals surface area contributed by atoms with E-state index >= 15 is 0 Å². The molecule has 0 aliphatic carbocycles. The number of hydrogen-bond donors (Lipinski definition) is 0. The Hall–Kier alpha value is -3.25. The van der Waals surface area contributed by atoms with Gasteiger partial charge in [-0.1, -0.05) is 48.0 Å². The fraction of sp³-hybridized carbons (Fsp3) is 0.200. The summed E-state index contributed by atoms with van der Waals surface area (Å²) < 4.78 is 5.26. The molecule has 1 fully saturated rings. The topological polar surface area (TPSA) is 49.9 Å². The molecule has 1 spiro atoms. The van der Waals surface area contributed by atoms with Crippen LogP contribution in [0.15, 0.2) is 72.8 Å². The van der Waals surface area contributed by atoms with Gasteiger partial charge in [0, 0.05) is 11.3 Å². The SMILES string of the molecule is COc1ccc(N2C(=O)CS[C@@]23C(=O)N(Cc2ccc(C)cc2)c2ccccc23)cc1. The lowest BCUT2D eigenvalue weighted by molar-refractivity contribution is -0.123. The molecule has 3 aromatic rings. The van der Waals surface area contributed by atoms with Gasteiger partial charge in [-0.3, -0.25) is 14.5 Å². The van der Waals surface area contributed by atoms with Crippen molar-refractivity contribution in [3.63, 3.8) is 0 Å². The van der Waals surface area contributed by atoms with Crippen LogP contribution in [0.2, 0.25) is 0 Å². The van der Waals surface area contributed by atoms with E-state index < -0.39 is 4.87 Å². The molecule has 6 heteroatoms. The highest BCUT2D eigenvalue weighted by molar-refractivity contribution is 8.02. The third-order valence-corrected chi connectivity index (χ3v) is 7.24. The van der Waals surface area contributed by atoms with Crippen LogP contribution in [0.25, 0.3) is 0 Å². The molecule has 2 aliphatic heterocycles. The van der Waals surface area contributed by atoms with E-state index in [4.69, 9.17) is 4.74 Å². The van der Waals surface area contributed by atoms with Crippen molar-refractivity contribution in [2.45, 2.75) is 18.3 Å². The first-order chi connectivity index (χ1) is 15.0. The van der Waals surface area contributed by atoms with E-state index in [2.05, 4.69) is 12.1 Å². The summed E-state index contributed by atoms with van der Waals surface area (Å²) in [6, 6.07) is 23.3. The summed E-state index contributed by atoms with van der Waals surface area (Å²) in [7, 11) is 1.60. The molecule has 0 radical (unpaired) electrons. The molecule has 2 aliphatic rings. The van der Waals surface area contributed by atoms with Gasteiger partial charge >= 0.3 is 0 Å². The standard InChI is InChI=1S/C25H22N2O3S/c1-17-7-9-18(10-8-17)15-26-22-6-4-3-5-21(22)25(24(26)29)27(23(28)16-31-25)19-11-13-20(30-2)14-12-19/h3-14H,15-16H2,1-2H3/t25-/m0/s1. The summed E-state index contributed by atoms with van der Waals surface area (Å²) in [5.41, 5.74) is 4.64. The zero-order valence-electron chi connectivity index (χ0n) is 17.4. The molecular weight excluding hydrogens is 408 g/mol. The normalized spacial score (nSPS) is 19.9. The minimum atomic E-state index is -1.09. The first kappa shape index (κ1) is 19.7. The number of carbonyl (C=O) groups is 2. The molecule has 156 valence electrons. The predicted octanol–water partition coefficient (Wildman–Crippen LogP) is 4.48. The van der Waals surface area contributed by atoms with Crippen molar-refractivity contribution in [1.29, 1.82) is 0 Å². The molecule has 3 aromatic carbocycles. The Morgan fingerprint density at radius 1 is 0.968 bits per heavy atom. The minimum Gasteiger partial charge on any atom is -0.497 e. The number of aryl methyl sites for hydroxylation is 1. The van der Waals surface area contributed by atoms with Gasteiger partial charge in [-0.25, -0.2) is 0 Å². The second-order valence-corrected chi connectivity index (χ2v) is 8.92. The van der Waals surface area contributed by atoms with Crippen molar-refractivity contribution in [2.24, 2.45) is 0 Å². The van der Waals surface area contributed by atoms with Gasteiger partial charge in [0.15, 0.2) is 0 Å². The number of rotatable bonds is 4. The number of amides is 2. The van der Waals surface area contributed by atoms with Gasteiger partial charge in [0.05, 0.1) is 25.1 Å². The Balaban J connectivity index is 1.61. The van der Waals surface area contributed by atoms with Crippen molar-refractivity contribution in [3.05, 3.63) is 89.5 Å². The molecule has 31 heavy (non-hydrogen) atoms. The first-order valence-electron chi connectivity index (χ1n) is 10.1. The number of fused-ring (bicyclic) bond motifs is 2. The van der Waals surface area contributed by atoms with E-state index in [1.807, 2.05) is 72.5 Å². The number of methoxy groups -OCH3 is 1. The molecule has 0 saturated carbocycles. The average molecular weight is 431 g/mol. The van der Waals surface area contributed by atoms with E-state index in [0.717, 1.165) is 16.8 Å². The molecule has 1 atom stereocenters. The van der Waals surface area contributed by atoms with E-state index in [-0.39, 0.29) is 17.6 Å². The van der Waals surface area contributed by atoms with Gasteiger partial charge in [0.2, 0.25) is 10.8 Å². The van der Waals surface area contributed by atoms with Crippen molar-refractivity contribution in [3.8, 4) is 5.75 Å². The van der Waals surface area contributed by atoms with Crippen LogP contribution in [0.3, 0.4) is 0 Å². The fourth-order valence-electron chi connectivity index (χ4n) is 4.32. The lowest BCUT2D eigenvalue weighted by Gasteiger charge is -2.33. The molecule has 5 nitrogen and oxygen atoms in total. The zero-order valence-corrected chi connectivity index (χ0v) is 18.2.